The molecule has 3 aliphatic carbocycles. The molecule has 3 aliphatic rings. The quantitative estimate of drug-likeness (QED) is 0.654. The fourth-order valence-electron chi connectivity index (χ4n) is 2.36. The highest BCUT2D eigenvalue weighted by molar-refractivity contribution is 5.82. The van der Waals surface area contributed by atoms with Crippen LogP contribution in [0.1, 0.15) is 25.7 Å². The number of methoxy groups -OCH3 is 1. The first-order chi connectivity index (χ1) is 6.65. The number of hydrogen-bond donors (Lipinski definition) is 2. The molecule has 80 valence electrons. The van der Waals surface area contributed by atoms with Gasteiger partial charge < -0.3 is 15.8 Å². The van der Waals surface area contributed by atoms with Crippen LogP contribution in [0.2, 0.25) is 0 Å². The summed E-state index contributed by atoms with van der Waals surface area (Å²) in [6.45, 7) is 0.546. The first-order valence-electron chi connectivity index (χ1n) is 5.22. The maximum absolute atomic E-state index is 11.6. The molecule has 1 atom stereocenters. The summed E-state index contributed by atoms with van der Waals surface area (Å²) in [5, 5.41) is 3.05. The number of hydrogen-bond acceptors (Lipinski definition) is 3. The molecule has 0 saturated heterocycles. The van der Waals surface area contributed by atoms with Crippen molar-refractivity contribution in [1.29, 1.82) is 0 Å². The highest BCUT2D eigenvalue weighted by atomic mass is 16.5. The summed E-state index contributed by atoms with van der Waals surface area (Å²) in [5.41, 5.74) is 5.86. The zero-order valence-electron chi connectivity index (χ0n) is 8.58. The van der Waals surface area contributed by atoms with Gasteiger partial charge in [0.25, 0.3) is 0 Å². The first kappa shape index (κ1) is 9.93. The molecule has 3 fully saturated rings. The SMILES string of the molecule is COCC[C@@H](N)C(=O)NC12CC(C1)C2. The Bertz CT molecular complexity index is 225. The Balaban J connectivity index is 1.71. The number of carbonyl (C=O) groups excluding carboxylic acids is 1. The minimum atomic E-state index is -0.413. The van der Waals surface area contributed by atoms with Crippen LogP contribution in [-0.4, -0.2) is 31.2 Å². The summed E-state index contributed by atoms with van der Waals surface area (Å²) in [7, 11) is 1.62. The number of amides is 1. The zero-order valence-corrected chi connectivity index (χ0v) is 8.58. The van der Waals surface area contributed by atoms with E-state index in [1.165, 1.54) is 0 Å². The average molecular weight is 198 g/mol. The van der Waals surface area contributed by atoms with Crippen molar-refractivity contribution in [3.8, 4) is 0 Å². The smallest absolute Gasteiger partial charge is 0.237 e. The van der Waals surface area contributed by atoms with E-state index in [4.69, 9.17) is 10.5 Å². The van der Waals surface area contributed by atoms with Crippen molar-refractivity contribution >= 4 is 5.91 Å². The van der Waals surface area contributed by atoms with Gasteiger partial charge in [0, 0.05) is 19.3 Å². The summed E-state index contributed by atoms with van der Waals surface area (Å²) in [6, 6.07) is -0.413. The number of carbonyl (C=O) groups is 1. The molecule has 14 heavy (non-hydrogen) atoms. The lowest BCUT2D eigenvalue weighted by molar-refractivity contribution is -0.134. The van der Waals surface area contributed by atoms with Gasteiger partial charge in [0.2, 0.25) is 5.91 Å². The third-order valence-electron chi connectivity index (χ3n) is 3.40. The number of nitrogens with two attached hydrogens (primary N) is 1. The molecule has 0 unspecified atom stereocenters. The third-order valence-corrected chi connectivity index (χ3v) is 3.40. The van der Waals surface area contributed by atoms with Gasteiger partial charge >= 0.3 is 0 Å². The van der Waals surface area contributed by atoms with Gasteiger partial charge in [-0.05, 0) is 31.6 Å². The highest BCUT2D eigenvalue weighted by Crippen LogP contribution is 2.56. The van der Waals surface area contributed by atoms with E-state index in [0.29, 0.717) is 13.0 Å². The molecule has 1 amide bonds. The second kappa shape index (κ2) is 3.51. The van der Waals surface area contributed by atoms with E-state index in [1.54, 1.807) is 7.11 Å². The van der Waals surface area contributed by atoms with Crippen LogP contribution in [0.5, 0.6) is 0 Å². The molecule has 3 N–H and O–H groups in total. The van der Waals surface area contributed by atoms with Gasteiger partial charge in [0.05, 0.1) is 6.04 Å². The van der Waals surface area contributed by atoms with Crippen molar-refractivity contribution in [2.24, 2.45) is 11.7 Å². The van der Waals surface area contributed by atoms with Crippen molar-refractivity contribution in [3.63, 3.8) is 0 Å². The largest absolute Gasteiger partial charge is 0.385 e. The van der Waals surface area contributed by atoms with Gasteiger partial charge in [0.1, 0.15) is 0 Å². The zero-order chi connectivity index (χ0) is 10.2. The summed E-state index contributed by atoms with van der Waals surface area (Å²) in [5.74, 6) is 0.866. The van der Waals surface area contributed by atoms with E-state index in [-0.39, 0.29) is 11.4 Å². The van der Waals surface area contributed by atoms with Gasteiger partial charge in [-0.1, -0.05) is 0 Å². The maximum atomic E-state index is 11.6. The highest BCUT2D eigenvalue weighted by Gasteiger charge is 2.57. The molecule has 0 aromatic heterocycles. The normalized spacial score (nSPS) is 35.4. The van der Waals surface area contributed by atoms with Gasteiger partial charge in [-0.15, -0.1) is 0 Å². The Labute approximate surface area is 84.2 Å². The lowest BCUT2D eigenvalue weighted by Crippen LogP contribution is -2.69. The molecule has 4 nitrogen and oxygen atoms in total. The Hall–Kier alpha value is -0.610. The summed E-state index contributed by atoms with van der Waals surface area (Å²) in [4.78, 5) is 11.6. The fraction of sp³-hybridized carbons (Fsp3) is 0.900. The van der Waals surface area contributed by atoms with E-state index in [0.717, 1.165) is 25.2 Å². The minimum absolute atomic E-state index is 0.0137. The molecular formula is C10H18N2O2. The Morgan fingerprint density at radius 3 is 2.71 bits per heavy atom. The minimum Gasteiger partial charge on any atom is -0.385 e. The summed E-state index contributed by atoms with van der Waals surface area (Å²) < 4.78 is 4.88. The van der Waals surface area contributed by atoms with Gasteiger partial charge in [-0.3, -0.25) is 4.79 Å². The Morgan fingerprint density at radius 2 is 2.29 bits per heavy atom. The van der Waals surface area contributed by atoms with E-state index >= 15 is 0 Å². The van der Waals surface area contributed by atoms with Crippen LogP contribution in [-0.2, 0) is 9.53 Å². The maximum Gasteiger partial charge on any atom is 0.237 e. The Morgan fingerprint density at radius 1 is 1.64 bits per heavy atom. The van der Waals surface area contributed by atoms with E-state index in [2.05, 4.69) is 5.32 Å². The second-order valence-corrected chi connectivity index (χ2v) is 4.64. The lowest BCUT2D eigenvalue weighted by Gasteiger charge is -2.62. The molecule has 2 bridgehead atoms. The van der Waals surface area contributed by atoms with Crippen LogP contribution < -0.4 is 11.1 Å². The average Bonchev–Trinajstić information content (AvgIpc) is 2.04. The standard InChI is InChI=1S/C10H18N2O2/c1-14-3-2-8(11)9(13)12-10-4-7(5-10)6-10/h7-8H,2-6,11H2,1H3,(H,12,13)/t7?,8-,10?/m1/s1. The lowest BCUT2D eigenvalue weighted by atomic mass is 9.50. The molecule has 0 aromatic carbocycles. The Kier molecular flexibility index (Phi) is 2.49. The van der Waals surface area contributed by atoms with Gasteiger partial charge in [0.15, 0.2) is 0 Å². The molecule has 0 heterocycles. The molecular weight excluding hydrogens is 180 g/mol. The molecule has 3 rings (SSSR count). The van der Waals surface area contributed by atoms with Crippen LogP contribution in [0.3, 0.4) is 0 Å². The number of rotatable bonds is 5. The molecule has 3 saturated carbocycles. The predicted molar refractivity (Wildman–Crippen MR) is 52.7 cm³/mol. The third kappa shape index (κ3) is 1.64. The van der Waals surface area contributed by atoms with Crippen molar-refractivity contribution < 1.29 is 9.53 Å². The van der Waals surface area contributed by atoms with Gasteiger partial charge in [-0.25, -0.2) is 0 Å². The van der Waals surface area contributed by atoms with Crippen molar-refractivity contribution in [2.45, 2.75) is 37.3 Å². The van der Waals surface area contributed by atoms with E-state index in [1.807, 2.05) is 0 Å². The summed E-state index contributed by atoms with van der Waals surface area (Å²) in [6.07, 6.45) is 4.09. The second-order valence-electron chi connectivity index (χ2n) is 4.64. The number of ether oxygens (including phenoxy) is 1. The summed E-state index contributed by atoms with van der Waals surface area (Å²) >= 11 is 0. The molecule has 4 heteroatoms. The molecule has 0 aromatic rings. The fourth-order valence-corrected chi connectivity index (χ4v) is 2.36. The molecule has 0 spiro atoms. The van der Waals surface area contributed by atoms with Crippen LogP contribution in [0.4, 0.5) is 0 Å². The first-order valence-corrected chi connectivity index (χ1v) is 5.22. The number of nitrogens with one attached hydrogen (secondary N) is 1. The van der Waals surface area contributed by atoms with Crippen LogP contribution >= 0.6 is 0 Å². The van der Waals surface area contributed by atoms with Gasteiger partial charge in [-0.2, -0.15) is 0 Å². The van der Waals surface area contributed by atoms with Crippen LogP contribution in [0.15, 0.2) is 0 Å². The molecule has 0 radical (unpaired) electrons. The topological polar surface area (TPSA) is 64.3 Å². The van der Waals surface area contributed by atoms with Crippen molar-refractivity contribution in [3.05, 3.63) is 0 Å². The van der Waals surface area contributed by atoms with E-state index < -0.39 is 6.04 Å². The predicted octanol–water partition coefficient (Wildman–Crippen LogP) is 0.0189. The van der Waals surface area contributed by atoms with Crippen molar-refractivity contribution in [1.82, 2.24) is 5.32 Å². The molecule has 0 aliphatic heterocycles. The van der Waals surface area contributed by atoms with Crippen LogP contribution in [0, 0.1) is 5.92 Å². The monoisotopic (exact) mass is 198 g/mol. The van der Waals surface area contributed by atoms with Crippen molar-refractivity contribution in [2.75, 3.05) is 13.7 Å². The van der Waals surface area contributed by atoms with Crippen LogP contribution in [0.25, 0.3) is 0 Å². The van der Waals surface area contributed by atoms with E-state index in [9.17, 15) is 4.79 Å².